The number of carbonyl (C=O) groups is 1. The molecule has 0 spiro atoms. The molecule has 24 heavy (non-hydrogen) atoms. The maximum Gasteiger partial charge on any atom is 0.271 e. The lowest BCUT2D eigenvalue weighted by atomic mass is 10.0. The van der Waals surface area contributed by atoms with Crippen molar-refractivity contribution in [2.75, 3.05) is 6.61 Å². The van der Waals surface area contributed by atoms with E-state index in [1.54, 1.807) is 13.0 Å². The second kappa shape index (κ2) is 6.96. The zero-order chi connectivity index (χ0) is 17.9. The van der Waals surface area contributed by atoms with Gasteiger partial charge in [-0.05, 0) is 43.7 Å². The summed E-state index contributed by atoms with van der Waals surface area (Å²) in [6, 6.07) is 6.87. The number of benzene rings is 1. The molecule has 1 N–H and O–H groups in total. The smallest absolute Gasteiger partial charge is 0.271 e. The predicted octanol–water partition coefficient (Wildman–Crippen LogP) is 2.15. The minimum atomic E-state index is -0.647. The van der Waals surface area contributed by atoms with Crippen LogP contribution in [0.25, 0.3) is 0 Å². The van der Waals surface area contributed by atoms with Crippen LogP contribution < -0.4 is 10.3 Å². The van der Waals surface area contributed by atoms with Crippen molar-refractivity contribution in [1.82, 2.24) is 4.57 Å². The minimum Gasteiger partial charge on any atom is -0.494 e. The molecule has 7 heteroatoms. The number of pyridine rings is 1. The Morgan fingerprint density at radius 2 is 2.00 bits per heavy atom. The molecule has 0 amide bonds. The van der Waals surface area contributed by atoms with Crippen LogP contribution in [0, 0.1) is 24.1 Å². The molecule has 0 unspecified atom stereocenters. The third-order valence-electron chi connectivity index (χ3n) is 3.58. The molecule has 0 saturated carbocycles. The average molecular weight is 330 g/mol. The Labute approximate surface area is 137 Å². The Morgan fingerprint density at radius 1 is 1.38 bits per heavy atom. The molecule has 124 valence electrons. The minimum absolute atomic E-state index is 0.109. The summed E-state index contributed by atoms with van der Waals surface area (Å²) >= 11 is 0. The molecule has 1 heterocycles. The van der Waals surface area contributed by atoms with E-state index in [0.717, 1.165) is 4.57 Å². The fourth-order valence-corrected chi connectivity index (χ4v) is 2.33. The van der Waals surface area contributed by atoms with Crippen LogP contribution in [-0.4, -0.2) is 22.1 Å². The molecule has 0 atom stereocenters. The first-order valence-electron chi connectivity index (χ1n) is 7.18. The first-order valence-corrected chi connectivity index (χ1v) is 7.18. The number of aromatic nitrogens is 1. The lowest BCUT2D eigenvalue weighted by Gasteiger charge is -2.14. The van der Waals surface area contributed by atoms with Gasteiger partial charge >= 0.3 is 0 Å². The number of hydrogen-bond acceptors (Lipinski definition) is 5. The molecule has 6 nitrogen and oxygen atoms in total. The standard InChI is InChI=1S/C17H15FN2O4/c1-3-20-16(22)13(8-19)10(2)15(17(20)23)14(21)9-24-12-6-4-11(18)5-7-12/h4-7,23H,3,9H2,1-2H3. The van der Waals surface area contributed by atoms with Crippen LogP contribution in [0.15, 0.2) is 29.1 Å². The molecular formula is C17H15FN2O4. The van der Waals surface area contributed by atoms with Gasteiger partial charge in [0.15, 0.2) is 6.61 Å². The van der Waals surface area contributed by atoms with E-state index >= 15 is 0 Å². The highest BCUT2D eigenvalue weighted by Crippen LogP contribution is 2.22. The van der Waals surface area contributed by atoms with Gasteiger partial charge in [0.25, 0.3) is 5.56 Å². The number of nitriles is 1. The van der Waals surface area contributed by atoms with Crippen LogP contribution in [0.1, 0.15) is 28.4 Å². The number of carbonyl (C=O) groups excluding carboxylic acids is 1. The van der Waals surface area contributed by atoms with E-state index in [1.807, 2.05) is 0 Å². The first kappa shape index (κ1) is 17.2. The van der Waals surface area contributed by atoms with Crippen molar-refractivity contribution in [2.45, 2.75) is 20.4 Å². The van der Waals surface area contributed by atoms with Crippen molar-refractivity contribution >= 4 is 5.78 Å². The fraction of sp³-hybridized carbons (Fsp3) is 0.235. The highest BCUT2D eigenvalue weighted by molar-refractivity contribution is 6.01. The van der Waals surface area contributed by atoms with E-state index in [2.05, 4.69) is 0 Å². The molecule has 1 aromatic carbocycles. The zero-order valence-corrected chi connectivity index (χ0v) is 13.2. The van der Waals surface area contributed by atoms with E-state index in [1.165, 1.54) is 31.2 Å². The number of ketones is 1. The second-order valence-electron chi connectivity index (χ2n) is 5.03. The maximum absolute atomic E-state index is 12.8. The van der Waals surface area contributed by atoms with Crippen LogP contribution in [0.4, 0.5) is 4.39 Å². The lowest BCUT2D eigenvalue weighted by molar-refractivity contribution is 0.0916. The molecule has 2 aromatic rings. The van der Waals surface area contributed by atoms with Gasteiger partial charge in [0, 0.05) is 6.54 Å². The molecule has 0 aliphatic rings. The largest absolute Gasteiger partial charge is 0.494 e. The van der Waals surface area contributed by atoms with Crippen molar-refractivity contribution in [3.8, 4) is 17.7 Å². The fourth-order valence-electron chi connectivity index (χ4n) is 2.33. The Bertz CT molecular complexity index is 879. The summed E-state index contributed by atoms with van der Waals surface area (Å²) in [6.45, 7) is 2.72. The number of aromatic hydroxyl groups is 1. The van der Waals surface area contributed by atoms with Crippen LogP contribution in [0.5, 0.6) is 11.6 Å². The van der Waals surface area contributed by atoms with Gasteiger partial charge in [-0.2, -0.15) is 5.26 Å². The van der Waals surface area contributed by atoms with Gasteiger partial charge in [-0.25, -0.2) is 4.39 Å². The first-order chi connectivity index (χ1) is 11.4. The Balaban J connectivity index is 2.37. The van der Waals surface area contributed by atoms with Crippen molar-refractivity contribution in [2.24, 2.45) is 0 Å². The van der Waals surface area contributed by atoms with Gasteiger partial charge in [-0.3, -0.25) is 14.2 Å². The summed E-state index contributed by atoms with van der Waals surface area (Å²) < 4.78 is 19.1. The number of halogens is 1. The van der Waals surface area contributed by atoms with Gasteiger partial charge < -0.3 is 9.84 Å². The van der Waals surface area contributed by atoms with Gasteiger partial charge in [-0.1, -0.05) is 0 Å². The summed E-state index contributed by atoms with van der Waals surface area (Å²) in [4.78, 5) is 24.5. The number of nitrogens with zero attached hydrogens (tertiary/aromatic N) is 2. The van der Waals surface area contributed by atoms with E-state index < -0.39 is 29.6 Å². The summed E-state index contributed by atoms with van der Waals surface area (Å²) in [5, 5.41) is 19.3. The third kappa shape index (κ3) is 3.13. The lowest BCUT2D eigenvalue weighted by Crippen LogP contribution is -2.27. The number of ether oxygens (including phenoxy) is 1. The Hall–Kier alpha value is -3.14. The van der Waals surface area contributed by atoms with E-state index in [4.69, 9.17) is 10.00 Å². The SMILES string of the molecule is CCn1c(O)c(C(=O)COc2ccc(F)cc2)c(C)c(C#N)c1=O. The summed E-state index contributed by atoms with van der Waals surface area (Å²) in [5.41, 5.74) is -0.863. The summed E-state index contributed by atoms with van der Waals surface area (Å²) in [5.74, 6) is -1.23. The monoisotopic (exact) mass is 330 g/mol. The predicted molar refractivity (Wildman–Crippen MR) is 83.7 cm³/mol. The van der Waals surface area contributed by atoms with Crippen molar-refractivity contribution in [3.63, 3.8) is 0 Å². The van der Waals surface area contributed by atoms with Gasteiger partial charge in [0.2, 0.25) is 11.7 Å². The molecule has 0 aliphatic heterocycles. The molecule has 1 aromatic heterocycles. The van der Waals surface area contributed by atoms with E-state index in [0.29, 0.717) is 0 Å². The van der Waals surface area contributed by atoms with Crippen molar-refractivity contribution in [3.05, 3.63) is 57.1 Å². The second-order valence-corrected chi connectivity index (χ2v) is 5.03. The molecular weight excluding hydrogens is 315 g/mol. The number of Topliss-reactive ketones (excluding diaryl/α,β-unsaturated/α-hetero) is 1. The van der Waals surface area contributed by atoms with Gasteiger partial charge in [-0.15, -0.1) is 0 Å². The average Bonchev–Trinajstić information content (AvgIpc) is 2.55. The molecule has 0 fully saturated rings. The van der Waals surface area contributed by atoms with E-state index in [-0.39, 0.29) is 29.0 Å². The van der Waals surface area contributed by atoms with Crippen LogP contribution >= 0.6 is 0 Å². The maximum atomic E-state index is 12.8. The number of rotatable bonds is 5. The highest BCUT2D eigenvalue weighted by atomic mass is 19.1. The molecule has 0 bridgehead atoms. The van der Waals surface area contributed by atoms with Crippen LogP contribution in [0.3, 0.4) is 0 Å². The van der Waals surface area contributed by atoms with Crippen molar-refractivity contribution in [1.29, 1.82) is 5.26 Å². The molecule has 0 radical (unpaired) electrons. The highest BCUT2D eigenvalue weighted by Gasteiger charge is 2.23. The molecule has 2 rings (SSSR count). The summed E-state index contributed by atoms with van der Waals surface area (Å²) in [6.07, 6.45) is 0. The van der Waals surface area contributed by atoms with Gasteiger partial charge in [0.1, 0.15) is 23.2 Å². The van der Waals surface area contributed by atoms with E-state index in [9.17, 15) is 19.1 Å². The zero-order valence-electron chi connectivity index (χ0n) is 13.2. The topological polar surface area (TPSA) is 92.3 Å². The normalized spacial score (nSPS) is 10.2. The van der Waals surface area contributed by atoms with Crippen LogP contribution in [-0.2, 0) is 6.54 Å². The van der Waals surface area contributed by atoms with Crippen molar-refractivity contribution < 1.29 is 19.0 Å². The molecule has 0 saturated heterocycles. The van der Waals surface area contributed by atoms with Gasteiger partial charge in [0.05, 0.1) is 5.56 Å². The number of hydrogen-bond donors (Lipinski definition) is 1. The molecule has 0 aliphatic carbocycles. The Morgan fingerprint density at radius 3 is 2.54 bits per heavy atom. The summed E-state index contributed by atoms with van der Waals surface area (Å²) in [7, 11) is 0. The quantitative estimate of drug-likeness (QED) is 0.848. The third-order valence-corrected chi connectivity index (χ3v) is 3.58. The van der Waals surface area contributed by atoms with Crippen LogP contribution in [0.2, 0.25) is 0 Å². The Kier molecular flexibility index (Phi) is 4.99.